The molecule has 8 heteroatoms. The van der Waals surface area contributed by atoms with E-state index in [1.54, 1.807) is 30.3 Å². The minimum absolute atomic E-state index is 0.105. The van der Waals surface area contributed by atoms with Crippen molar-refractivity contribution in [3.8, 4) is 11.5 Å². The zero-order chi connectivity index (χ0) is 18.7. The van der Waals surface area contributed by atoms with Crippen molar-refractivity contribution in [2.75, 3.05) is 25.3 Å². The van der Waals surface area contributed by atoms with Gasteiger partial charge in [0.1, 0.15) is 16.5 Å². The third-order valence-corrected chi connectivity index (χ3v) is 4.57. The van der Waals surface area contributed by atoms with Crippen LogP contribution in [0.3, 0.4) is 0 Å². The zero-order valence-electron chi connectivity index (χ0n) is 14.1. The van der Waals surface area contributed by atoms with Gasteiger partial charge in [-0.25, -0.2) is 9.37 Å². The second-order valence-electron chi connectivity index (χ2n) is 5.27. The molecule has 134 valence electrons. The van der Waals surface area contributed by atoms with E-state index in [9.17, 15) is 9.18 Å². The average Bonchev–Trinajstić information content (AvgIpc) is 3.00. The Labute approximate surface area is 153 Å². The van der Waals surface area contributed by atoms with Gasteiger partial charge in [0.15, 0.2) is 16.6 Å². The standard InChI is InChI=1S/C18H16FN3O3S/c1-24-13-7-6-10(8-14(13)25-2)15(23)16-17(20)22-18(26-16)21-12-5-3-4-11(19)9-12/h3-9H,20H2,1-2H3,(H,21,22). The molecule has 1 aromatic heterocycles. The number of methoxy groups -OCH3 is 2. The number of rotatable bonds is 6. The number of nitrogens with two attached hydrogens (primary N) is 1. The van der Waals surface area contributed by atoms with E-state index in [-0.39, 0.29) is 22.3 Å². The molecule has 0 saturated carbocycles. The smallest absolute Gasteiger partial charge is 0.206 e. The van der Waals surface area contributed by atoms with Crippen molar-refractivity contribution in [2.45, 2.75) is 0 Å². The maximum absolute atomic E-state index is 13.3. The average molecular weight is 373 g/mol. The van der Waals surface area contributed by atoms with E-state index in [4.69, 9.17) is 15.2 Å². The first kappa shape index (κ1) is 17.7. The molecule has 0 atom stereocenters. The summed E-state index contributed by atoms with van der Waals surface area (Å²) in [6, 6.07) is 10.8. The number of nitrogens with zero attached hydrogens (tertiary/aromatic N) is 1. The normalized spacial score (nSPS) is 10.4. The quantitative estimate of drug-likeness (QED) is 0.638. The topological polar surface area (TPSA) is 86.5 Å². The van der Waals surface area contributed by atoms with Crippen molar-refractivity contribution in [2.24, 2.45) is 0 Å². The van der Waals surface area contributed by atoms with Crippen LogP contribution in [-0.4, -0.2) is 25.0 Å². The molecule has 0 fully saturated rings. The van der Waals surface area contributed by atoms with Crippen molar-refractivity contribution in [1.29, 1.82) is 0 Å². The molecule has 3 aromatic rings. The Balaban J connectivity index is 1.87. The fraction of sp³-hybridized carbons (Fsp3) is 0.111. The molecular formula is C18H16FN3O3S. The predicted molar refractivity (Wildman–Crippen MR) is 99.2 cm³/mol. The van der Waals surface area contributed by atoms with Crippen LogP contribution in [0.1, 0.15) is 15.2 Å². The second-order valence-corrected chi connectivity index (χ2v) is 6.27. The number of carbonyl (C=O) groups is 1. The van der Waals surface area contributed by atoms with Crippen LogP contribution in [0.25, 0.3) is 0 Å². The summed E-state index contributed by atoms with van der Waals surface area (Å²) in [6.07, 6.45) is 0. The van der Waals surface area contributed by atoms with E-state index in [1.165, 1.54) is 26.4 Å². The molecule has 0 spiro atoms. The van der Waals surface area contributed by atoms with Gasteiger partial charge < -0.3 is 20.5 Å². The summed E-state index contributed by atoms with van der Waals surface area (Å²) in [5, 5.41) is 3.34. The maximum Gasteiger partial charge on any atom is 0.206 e. The molecule has 0 aliphatic heterocycles. The van der Waals surface area contributed by atoms with Gasteiger partial charge in [-0.3, -0.25) is 4.79 Å². The second kappa shape index (κ2) is 7.40. The van der Waals surface area contributed by atoms with Gasteiger partial charge in [0.2, 0.25) is 5.78 Å². The van der Waals surface area contributed by atoms with Crippen molar-refractivity contribution in [1.82, 2.24) is 4.98 Å². The Kier molecular flexibility index (Phi) is 5.04. The van der Waals surface area contributed by atoms with Crippen molar-refractivity contribution in [3.05, 3.63) is 58.7 Å². The van der Waals surface area contributed by atoms with Crippen LogP contribution in [0, 0.1) is 5.82 Å². The third-order valence-electron chi connectivity index (χ3n) is 3.58. The number of nitrogens with one attached hydrogen (secondary N) is 1. The lowest BCUT2D eigenvalue weighted by Crippen LogP contribution is -2.03. The first-order valence-electron chi connectivity index (χ1n) is 7.57. The maximum atomic E-state index is 13.3. The van der Waals surface area contributed by atoms with Crippen molar-refractivity contribution >= 4 is 33.8 Å². The fourth-order valence-electron chi connectivity index (χ4n) is 2.35. The molecule has 0 aliphatic carbocycles. The highest BCUT2D eigenvalue weighted by Crippen LogP contribution is 2.33. The van der Waals surface area contributed by atoms with Gasteiger partial charge in [-0.2, -0.15) is 0 Å². The molecular weight excluding hydrogens is 357 g/mol. The molecule has 3 N–H and O–H groups in total. The highest BCUT2D eigenvalue weighted by Gasteiger charge is 2.19. The van der Waals surface area contributed by atoms with Gasteiger partial charge in [-0.15, -0.1) is 0 Å². The predicted octanol–water partition coefficient (Wildman–Crippen LogP) is 3.86. The molecule has 0 bridgehead atoms. The van der Waals surface area contributed by atoms with Crippen LogP contribution in [-0.2, 0) is 0 Å². The summed E-state index contributed by atoms with van der Waals surface area (Å²) < 4.78 is 23.7. The number of thiazole rings is 1. The number of hydrogen-bond donors (Lipinski definition) is 2. The van der Waals surface area contributed by atoms with Crippen LogP contribution in [0.4, 0.5) is 21.0 Å². The van der Waals surface area contributed by atoms with E-state index in [0.29, 0.717) is 27.9 Å². The fourth-order valence-corrected chi connectivity index (χ4v) is 3.21. The number of halogens is 1. The van der Waals surface area contributed by atoms with Crippen LogP contribution < -0.4 is 20.5 Å². The van der Waals surface area contributed by atoms with Gasteiger partial charge in [0.25, 0.3) is 0 Å². The summed E-state index contributed by atoms with van der Waals surface area (Å²) in [5.41, 5.74) is 6.81. The van der Waals surface area contributed by atoms with Gasteiger partial charge in [-0.05, 0) is 36.4 Å². The van der Waals surface area contributed by atoms with Crippen molar-refractivity contribution in [3.63, 3.8) is 0 Å². The number of carbonyl (C=O) groups excluding carboxylic acids is 1. The number of ether oxygens (including phenoxy) is 2. The van der Waals surface area contributed by atoms with E-state index < -0.39 is 0 Å². The first-order valence-corrected chi connectivity index (χ1v) is 8.39. The molecule has 1 heterocycles. The summed E-state index contributed by atoms with van der Waals surface area (Å²) in [6.45, 7) is 0. The number of anilines is 3. The molecule has 26 heavy (non-hydrogen) atoms. The Hall–Kier alpha value is -3.13. The summed E-state index contributed by atoms with van der Waals surface area (Å²) in [7, 11) is 3.01. The molecule has 0 amide bonds. The SMILES string of the molecule is COc1ccc(C(=O)c2sc(Nc3cccc(F)c3)nc2N)cc1OC. The lowest BCUT2D eigenvalue weighted by molar-refractivity contribution is 0.104. The minimum atomic E-state index is -0.374. The highest BCUT2D eigenvalue weighted by molar-refractivity contribution is 7.18. The van der Waals surface area contributed by atoms with E-state index in [1.807, 2.05) is 0 Å². The van der Waals surface area contributed by atoms with Crippen LogP contribution in [0.15, 0.2) is 42.5 Å². The molecule has 0 saturated heterocycles. The Morgan fingerprint density at radius 1 is 1.15 bits per heavy atom. The Morgan fingerprint density at radius 3 is 2.62 bits per heavy atom. The molecule has 0 radical (unpaired) electrons. The van der Waals surface area contributed by atoms with Crippen LogP contribution in [0.5, 0.6) is 11.5 Å². The highest BCUT2D eigenvalue weighted by atomic mass is 32.1. The molecule has 2 aromatic carbocycles. The largest absolute Gasteiger partial charge is 0.493 e. The molecule has 0 aliphatic rings. The molecule has 6 nitrogen and oxygen atoms in total. The molecule has 3 rings (SSSR count). The lowest BCUT2D eigenvalue weighted by atomic mass is 10.1. The Morgan fingerprint density at radius 2 is 1.92 bits per heavy atom. The number of nitrogen functional groups attached to an aromatic ring is 1. The summed E-state index contributed by atoms with van der Waals surface area (Å²) >= 11 is 1.10. The van der Waals surface area contributed by atoms with Crippen LogP contribution >= 0.6 is 11.3 Å². The number of aromatic nitrogens is 1. The van der Waals surface area contributed by atoms with Gasteiger partial charge in [0, 0.05) is 11.3 Å². The number of ketones is 1. The summed E-state index contributed by atoms with van der Waals surface area (Å²) in [4.78, 5) is 17.2. The number of benzene rings is 2. The van der Waals surface area contributed by atoms with E-state index in [0.717, 1.165) is 11.3 Å². The van der Waals surface area contributed by atoms with Gasteiger partial charge in [0.05, 0.1) is 14.2 Å². The third kappa shape index (κ3) is 3.60. The van der Waals surface area contributed by atoms with Crippen LogP contribution in [0.2, 0.25) is 0 Å². The van der Waals surface area contributed by atoms with Gasteiger partial charge in [-0.1, -0.05) is 17.4 Å². The van der Waals surface area contributed by atoms with E-state index >= 15 is 0 Å². The monoisotopic (exact) mass is 373 g/mol. The van der Waals surface area contributed by atoms with Crippen molar-refractivity contribution < 1.29 is 18.7 Å². The lowest BCUT2D eigenvalue weighted by Gasteiger charge is -2.08. The first-order chi connectivity index (χ1) is 12.5. The number of hydrogen-bond acceptors (Lipinski definition) is 7. The van der Waals surface area contributed by atoms with E-state index in [2.05, 4.69) is 10.3 Å². The van der Waals surface area contributed by atoms with Gasteiger partial charge >= 0.3 is 0 Å². The molecule has 0 unspecified atom stereocenters. The minimum Gasteiger partial charge on any atom is -0.493 e. The Bertz CT molecular complexity index is 959. The zero-order valence-corrected chi connectivity index (χ0v) is 14.9. The summed E-state index contributed by atoms with van der Waals surface area (Å²) in [5.74, 6) is 0.414.